The second-order valence-electron chi connectivity index (χ2n) is 4.25. The molecular weight excluding hydrogens is 226 g/mol. The lowest BCUT2D eigenvalue weighted by molar-refractivity contribution is 0.0697. The van der Waals surface area contributed by atoms with Crippen LogP contribution >= 0.6 is 0 Å². The first kappa shape index (κ1) is 10.7. The molecule has 88 valence electrons. The summed E-state index contributed by atoms with van der Waals surface area (Å²) in [4.78, 5) is 15.3. The van der Waals surface area contributed by atoms with E-state index in [2.05, 4.69) is 11.1 Å². The van der Waals surface area contributed by atoms with Gasteiger partial charge in [-0.25, -0.2) is 4.79 Å². The van der Waals surface area contributed by atoms with Crippen molar-refractivity contribution >= 4 is 17.4 Å². The van der Waals surface area contributed by atoms with Crippen LogP contribution in [0.15, 0.2) is 53.5 Å². The molecule has 0 fully saturated rings. The summed E-state index contributed by atoms with van der Waals surface area (Å²) in [5, 5.41) is 8.85. The van der Waals surface area contributed by atoms with Crippen molar-refractivity contribution in [2.75, 3.05) is 0 Å². The lowest BCUT2D eigenvalue weighted by Gasteiger charge is -2.01. The molecule has 2 aromatic carbocycles. The molecule has 3 rings (SSSR count). The van der Waals surface area contributed by atoms with Crippen LogP contribution in [-0.4, -0.2) is 16.8 Å². The quantitative estimate of drug-likeness (QED) is 0.872. The maximum atomic E-state index is 10.8. The molecule has 3 nitrogen and oxygen atoms in total. The zero-order valence-electron chi connectivity index (χ0n) is 9.63. The molecule has 1 aliphatic rings. The van der Waals surface area contributed by atoms with E-state index in [0.29, 0.717) is 5.56 Å². The summed E-state index contributed by atoms with van der Waals surface area (Å²) in [6, 6.07) is 14.9. The first-order valence-corrected chi connectivity index (χ1v) is 5.73. The van der Waals surface area contributed by atoms with E-state index in [0.717, 1.165) is 23.4 Å². The molecule has 0 radical (unpaired) electrons. The van der Waals surface area contributed by atoms with Crippen molar-refractivity contribution < 1.29 is 9.90 Å². The lowest BCUT2D eigenvalue weighted by atomic mass is 10.0. The number of carboxylic acid groups (broad SMARTS) is 1. The smallest absolute Gasteiger partial charge is 0.335 e. The maximum absolute atomic E-state index is 10.8. The first-order chi connectivity index (χ1) is 8.74. The first-order valence-electron chi connectivity index (χ1n) is 5.73. The molecular formula is C15H11NO2. The van der Waals surface area contributed by atoms with Crippen LogP contribution in [0.4, 0.5) is 5.69 Å². The summed E-state index contributed by atoms with van der Waals surface area (Å²) in [5.74, 6) is -0.904. The van der Waals surface area contributed by atoms with Gasteiger partial charge in [-0.1, -0.05) is 30.3 Å². The van der Waals surface area contributed by atoms with E-state index in [1.165, 1.54) is 5.56 Å². The Labute approximate surface area is 104 Å². The fourth-order valence-electron chi connectivity index (χ4n) is 2.11. The summed E-state index contributed by atoms with van der Waals surface area (Å²) in [7, 11) is 0. The van der Waals surface area contributed by atoms with Gasteiger partial charge in [-0.3, -0.25) is 4.99 Å². The third-order valence-electron chi connectivity index (χ3n) is 3.07. The molecule has 1 N–H and O–H groups in total. The minimum absolute atomic E-state index is 0.301. The van der Waals surface area contributed by atoms with Crippen LogP contribution in [0.1, 0.15) is 21.5 Å². The average molecular weight is 237 g/mol. The van der Waals surface area contributed by atoms with Crippen molar-refractivity contribution in [2.24, 2.45) is 4.99 Å². The number of para-hydroxylation sites is 1. The van der Waals surface area contributed by atoms with Crippen molar-refractivity contribution in [1.82, 2.24) is 0 Å². The molecule has 0 amide bonds. The predicted octanol–water partition coefficient (Wildman–Crippen LogP) is 3.06. The summed E-state index contributed by atoms with van der Waals surface area (Å²) in [5.41, 5.74) is 4.50. The van der Waals surface area contributed by atoms with Gasteiger partial charge in [-0.05, 0) is 29.3 Å². The molecule has 2 aromatic rings. The van der Waals surface area contributed by atoms with Gasteiger partial charge >= 0.3 is 5.97 Å². The Hall–Kier alpha value is -2.42. The van der Waals surface area contributed by atoms with Crippen LogP contribution < -0.4 is 0 Å². The zero-order valence-corrected chi connectivity index (χ0v) is 9.63. The standard InChI is InChI=1S/C15H11NO2/c17-15(18)11-7-5-10(6-8-11)14-9-12-3-1-2-4-13(12)16-14/h1-8H,9H2,(H,17,18). The molecule has 3 heteroatoms. The van der Waals surface area contributed by atoms with Gasteiger partial charge < -0.3 is 5.11 Å². The number of rotatable bonds is 2. The molecule has 0 saturated carbocycles. The van der Waals surface area contributed by atoms with Gasteiger partial charge in [0.1, 0.15) is 0 Å². The number of hydrogen-bond donors (Lipinski definition) is 1. The highest BCUT2D eigenvalue weighted by Crippen LogP contribution is 2.28. The van der Waals surface area contributed by atoms with E-state index in [-0.39, 0.29) is 0 Å². The van der Waals surface area contributed by atoms with E-state index in [4.69, 9.17) is 5.11 Å². The second-order valence-corrected chi connectivity index (χ2v) is 4.25. The minimum Gasteiger partial charge on any atom is -0.478 e. The molecule has 18 heavy (non-hydrogen) atoms. The lowest BCUT2D eigenvalue weighted by Crippen LogP contribution is -2.02. The Kier molecular flexibility index (Phi) is 2.45. The van der Waals surface area contributed by atoms with E-state index >= 15 is 0 Å². The number of aromatic carboxylic acids is 1. The van der Waals surface area contributed by atoms with Crippen LogP contribution in [0.25, 0.3) is 0 Å². The Morgan fingerprint density at radius 1 is 1.06 bits per heavy atom. The van der Waals surface area contributed by atoms with Crippen molar-refractivity contribution in [3.05, 3.63) is 65.2 Å². The van der Waals surface area contributed by atoms with Crippen molar-refractivity contribution in [2.45, 2.75) is 6.42 Å². The SMILES string of the molecule is O=C(O)c1ccc(C2=Nc3ccccc3C2)cc1. The number of fused-ring (bicyclic) bond motifs is 1. The molecule has 0 spiro atoms. The largest absolute Gasteiger partial charge is 0.478 e. The maximum Gasteiger partial charge on any atom is 0.335 e. The highest BCUT2D eigenvalue weighted by Gasteiger charge is 2.15. The molecule has 1 aliphatic heterocycles. The topological polar surface area (TPSA) is 49.7 Å². The summed E-state index contributed by atoms with van der Waals surface area (Å²) in [6.07, 6.45) is 0.808. The van der Waals surface area contributed by atoms with Gasteiger partial charge in [0.15, 0.2) is 0 Å². The van der Waals surface area contributed by atoms with Gasteiger partial charge in [-0.15, -0.1) is 0 Å². The highest BCUT2D eigenvalue weighted by atomic mass is 16.4. The van der Waals surface area contributed by atoms with Crippen molar-refractivity contribution in [1.29, 1.82) is 0 Å². The number of benzene rings is 2. The van der Waals surface area contributed by atoms with Gasteiger partial charge in [0.05, 0.1) is 17.0 Å². The summed E-state index contributed by atoms with van der Waals surface area (Å²) < 4.78 is 0. The molecule has 0 atom stereocenters. The van der Waals surface area contributed by atoms with Crippen LogP contribution in [0.2, 0.25) is 0 Å². The molecule has 0 bridgehead atoms. The van der Waals surface area contributed by atoms with E-state index in [1.807, 2.05) is 30.3 Å². The molecule has 0 saturated heterocycles. The van der Waals surface area contributed by atoms with Crippen LogP contribution in [0.5, 0.6) is 0 Å². The fourth-order valence-corrected chi connectivity index (χ4v) is 2.11. The van der Waals surface area contributed by atoms with Crippen molar-refractivity contribution in [3.63, 3.8) is 0 Å². The van der Waals surface area contributed by atoms with Crippen LogP contribution in [-0.2, 0) is 6.42 Å². The molecule has 0 aliphatic carbocycles. The highest BCUT2D eigenvalue weighted by molar-refractivity contribution is 6.06. The Bertz CT molecular complexity index is 642. The summed E-state index contributed by atoms with van der Waals surface area (Å²) >= 11 is 0. The number of hydrogen-bond acceptors (Lipinski definition) is 2. The van der Waals surface area contributed by atoms with E-state index in [1.54, 1.807) is 12.1 Å². The number of nitrogens with zero attached hydrogens (tertiary/aromatic N) is 1. The molecule has 1 heterocycles. The Balaban J connectivity index is 1.92. The Morgan fingerprint density at radius 3 is 2.44 bits per heavy atom. The van der Waals surface area contributed by atoms with E-state index < -0.39 is 5.97 Å². The predicted molar refractivity (Wildman–Crippen MR) is 69.7 cm³/mol. The third kappa shape index (κ3) is 1.80. The van der Waals surface area contributed by atoms with E-state index in [9.17, 15) is 4.79 Å². The fraction of sp³-hybridized carbons (Fsp3) is 0.0667. The van der Waals surface area contributed by atoms with Crippen molar-refractivity contribution in [3.8, 4) is 0 Å². The monoisotopic (exact) mass is 237 g/mol. The number of carbonyl (C=O) groups is 1. The molecule has 0 unspecified atom stereocenters. The summed E-state index contributed by atoms with van der Waals surface area (Å²) in [6.45, 7) is 0. The average Bonchev–Trinajstić information content (AvgIpc) is 2.82. The zero-order chi connectivity index (χ0) is 12.5. The molecule has 0 aromatic heterocycles. The third-order valence-corrected chi connectivity index (χ3v) is 3.07. The second kappa shape index (κ2) is 4.11. The minimum atomic E-state index is -0.904. The van der Waals surface area contributed by atoms with Gasteiger partial charge in [0.2, 0.25) is 0 Å². The van der Waals surface area contributed by atoms with Gasteiger partial charge in [0.25, 0.3) is 0 Å². The number of aliphatic imine (C=N–C) groups is 1. The van der Waals surface area contributed by atoms with Crippen LogP contribution in [0.3, 0.4) is 0 Å². The van der Waals surface area contributed by atoms with Gasteiger partial charge in [0, 0.05) is 6.42 Å². The van der Waals surface area contributed by atoms with Gasteiger partial charge in [-0.2, -0.15) is 0 Å². The Morgan fingerprint density at radius 2 is 1.78 bits per heavy atom. The number of carboxylic acids is 1. The van der Waals surface area contributed by atoms with Crippen LogP contribution in [0, 0.1) is 0 Å². The normalized spacial score (nSPS) is 13.0.